The Bertz CT molecular complexity index is 599. The molecule has 1 atom stereocenters. The van der Waals surface area contributed by atoms with E-state index < -0.39 is 0 Å². The smallest absolute Gasteiger partial charge is 0.258 e. The van der Waals surface area contributed by atoms with Crippen molar-refractivity contribution in [1.29, 1.82) is 0 Å². The lowest BCUT2D eigenvalue weighted by Gasteiger charge is -2.30. The monoisotopic (exact) mass is 288 g/mol. The van der Waals surface area contributed by atoms with Crippen molar-refractivity contribution < 1.29 is 9.26 Å². The largest absolute Gasteiger partial charge is 0.367 e. The summed E-state index contributed by atoms with van der Waals surface area (Å²) in [7, 11) is 0. The molecule has 0 saturated carbocycles. The molecule has 1 aromatic heterocycles. The third kappa shape index (κ3) is 3.12. The van der Waals surface area contributed by atoms with E-state index in [1.165, 1.54) is 0 Å². The summed E-state index contributed by atoms with van der Waals surface area (Å²) < 4.78 is 11.1. The van der Waals surface area contributed by atoms with E-state index in [0.29, 0.717) is 24.9 Å². The molecule has 0 bridgehead atoms. The Morgan fingerprint density at radius 1 is 1.43 bits per heavy atom. The second-order valence-electron chi connectivity index (χ2n) is 5.11. The number of hydrogen-bond donors (Lipinski definition) is 1. The van der Waals surface area contributed by atoms with Crippen LogP contribution in [0.25, 0.3) is 11.5 Å². The van der Waals surface area contributed by atoms with Crippen LogP contribution in [0.1, 0.15) is 24.4 Å². The summed E-state index contributed by atoms with van der Waals surface area (Å²) in [5.74, 6) is 1.12. The highest BCUT2D eigenvalue weighted by Gasteiger charge is 2.25. The molecular weight excluding hydrogens is 268 g/mol. The SMILES string of the molecule is CCN1CCOC(c2noc(-c3cccc(CN)c3)n2)C1. The van der Waals surface area contributed by atoms with Crippen LogP contribution in [0.4, 0.5) is 0 Å². The van der Waals surface area contributed by atoms with Crippen LogP contribution in [-0.2, 0) is 11.3 Å². The third-order valence-electron chi connectivity index (χ3n) is 3.74. The van der Waals surface area contributed by atoms with Crippen LogP contribution in [0.5, 0.6) is 0 Å². The topological polar surface area (TPSA) is 77.4 Å². The van der Waals surface area contributed by atoms with Gasteiger partial charge in [0, 0.05) is 25.2 Å². The van der Waals surface area contributed by atoms with Crippen molar-refractivity contribution in [3.63, 3.8) is 0 Å². The van der Waals surface area contributed by atoms with Crippen LogP contribution >= 0.6 is 0 Å². The third-order valence-corrected chi connectivity index (χ3v) is 3.74. The molecule has 1 aliphatic heterocycles. The fourth-order valence-corrected chi connectivity index (χ4v) is 2.46. The molecule has 1 aromatic carbocycles. The van der Waals surface area contributed by atoms with Gasteiger partial charge in [0.1, 0.15) is 6.10 Å². The molecule has 0 aliphatic carbocycles. The molecule has 3 rings (SSSR count). The molecule has 1 saturated heterocycles. The van der Waals surface area contributed by atoms with Gasteiger partial charge in [0.2, 0.25) is 5.82 Å². The summed E-state index contributed by atoms with van der Waals surface area (Å²) in [5.41, 5.74) is 7.59. The number of aromatic nitrogens is 2. The molecule has 21 heavy (non-hydrogen) atoms. The molecule has 6 heteroatoms. The zero-order chi connectivity index (χ0) is 14.7. The molecular formula is C15H20N4O2. The van der Waals surface area contributed by atoms with E-state index >= 15 is 0 Å². The number of rotatable bonds is 4. The van der Waals surface area contributed by atoms with Gasteiger partial charge in [-0.25, -0.2) is 0 Å². The number of morpholine rings is 1. The first-order chi connectivity index (χ1) is 10.3. The lowest BCUT2D eigenvalue weighted by atomic mass is 10.1. The minimum atomic E-state index is -0.117. The van der Waals surface area contributed by atoms with Crippen molar-refractivity contribution in [3.05, 3.63) is 35.7 Å². The van der Waals surface area contributed by atoms with Gasteiger partial charge >= 0.3 is 0 Å². The van der Waals surface area contributed by atoms with Crippen molar-refractivity contribution >= 4 is 0 Å². The molecule has 0 amide bonds. The second-order valence-corrected chi connectivity index (χ2v) is 5.11. The molecule has 0 spiro atoms. The molecule has 2 N–H and O–H groups in total. The minimum Gasteiger partial charge on any atom is -0.367 e. The lowest BCUT2D eigenvalue weighted by molar-refractivity contribution is -0.0334. The Balaban J connectivity index is 1.79. The first-order valence-corrected chi connectivity index (χ1v) is 7.27. The van der Waals surface area contributed by atoms with E-state index in [4.69, 9.17) is 15.0 Å². The van der Waals surface area contributed by atoms with Crippen molar-refractivity contribution in [2.75, 3.05) is 26.2 Å². The Morgan fingerprint density at radius 2 is 2.33 bits per heavy atom. The van der Waals surface area contributed by atoms with Gasteiger partial charge in [0.05, 0.1) is 6.61 Å². The number of hydrogen-bond acceptors (Lipinski definition) is 6. The molecule has 1 unspecified atom stereocenters. The van der Waals surface area contributed by atoms with Crippen LogP contribution in [-0.4, -0.2) is 41.3 Å². The van der Waals surface area contributed by atoms with Gasteiger partial charge in [-0.1, -0.05) is 24.2 Å². The quantitative estimate of drug-likeness (QED) is 0.920. The summed E-state index contributed by atoms with van der Waals surface area (Å²) in [6.07, 6.45) is -0.117. The molecule has 2 aromatic rings. The maximum Gasteiger partial charge on any atom is 0.258 e. The van der Waals surface area contributed by atoms with Crippen molar-refractivity contribution in [3.8, 4) is 11.5 Å². The number of nitrogens with zero attached hydrogens (tertiary/aromatic N) is 3. The second kappa shape index (κ2) is 6.34. The van der Waals surface area contributed by atoms with E-state index in [1.807, 2.05) is 24.3 Å². The minimum absolute atomic E-state index is 0.117. The highest BCUT2D eigenvalue weighted by Crippen LogP contribution is 2.24. The molecule has 6 nitrogen and oxygen atoms in total. The Kier molecular flexibility index (Phi) is 4.28. The summed E-state index contributed by atoms with van der Waals surface area (Å²) in [4.78, 5) is 6.80. The van der Waals surface area contributed by atoms with Crippen molar-refractivity contribution in [2.45, 2.75) is 19.6 Å². The van der Waals surface area contributed by atoms with Crippen molar-refractivity contribution in [1.82, 2.24) is 15.0 Å². The number of nitrogens with two attached hydrogens (primary N) is 1. The summed E-state index contributed by atoms with van der Waals surface area (Å²) in [6, 6.07) is 7.83. The Hall–Kier alpha value is -1.76. The van der Waals surface area contributed by atoms with Crippen LogP contribution in [0, 0.1) is 0 Å². The maximum atomic E-state index is 5.74. The summed E-state index contributed by atoms with van der Waals surface area (Å²) in [5, 5.41) is 4.07. The Morgan fingerprint density at radius 3 is 3.14 bits per heavy atom. The molecule has 112 valence electrons. The zero-order valence-electron chi connectivity index (χ0n) is 12.2. The summed E-state index contributed by atoms with van der Waals surface area (Å²) >= 11 is 0. The molecule has 0 radical (unpaired) electrons. The average Bonchev–Trinajstić information content (AvgIpc) is 3.05. The number of benzene rings is 1. The van der Waals surface area contributed by atoms with E-state index in [2.05, 4.69) is 22.0 Å². The van der Waals surface area contributed by atoms with E-state index in [9.17, 15) is 0 Å². The Labute approximate surface area is 123 Å². The van der Waals surface area contributed by atoms with Crippen LogP contribution in [0.2, 0.25) is 0 Å². The predicted molar refractivity (Wildman–Crippen MR) is 78.4 cm³/mol. The van der Waals surface area contributed by atoms with Gasteiger partial charge in [-0.3, -0.25) is 4.90 Å². The fourth-order valence-electron chi connectivity index (χ4n) is 2.46. The van der Waals surface area contributed by atoms with E-state index in [0.717, 1.165) is 30.8 Å². The molecule has 1 fully saturated rings. The summed E-state index contributed by atoms with van der Waals surface area (Å²) in [6.45, 7) is 6.09. The number of likely N-dealkylation sites (N-methyl/N-ethyl adjacent to an activating group) is 1. The van der Waals surface area contributed by atoms with Crippen LogP contribution < -0.4 is 5.73 Å². The average molecular weight is 288 g/mol. The number of ether oxygens (including phenoxy) is 1. The van der Waals surface area contributed by atoms with Gasteiger partial charge in [-0.2, -0.15) is 4.98 Å². The zero-order valence-corrected chi connectivity index (χ0v) is 12.2. The van der Waals surface area contributed by atoms with Gasteiger partial charge in [-0.05, 0) is 24.2 Å². The maximum absolute atomic E-state index is 5.74. The van der Waals surface area contributed by atoms with Gasteiger partial charge < -0.3 is 15.0 Å². The van der Waals surface area contributed by atoms with Gasteiger partial charge in [0.15, 0.2) is 0 Å². The highest BCUT2D eigenvalue weighted by molar-refractivity contribution is 5.54. The van der Waals surface area contributed by atoms with Gasteiger partial charge in [0.25, 0.3) is 5.89 Å². The van der Waals surface area contributed by atoms with Crippen molar-refractivity contribution in [2.24, 2.45) is 5.73 Å². The molecule has 1 aliphatic rings. The van der Waals surface area contributed by atoms with E-state index in [1.54, 1.807) is 0 Å². The van der Waals surface area contributed by atoms with E-state index in [-0.39, 0.29) is 6.10 Å². The molecule has 2 heterocycles. The fraction of sp³-hybridized carbons (Fsp3) is 0.467. The van der Waals surface area contributed by atoms with Crippen LogP contribution in [0.3, 0.4) is 0 Å². The van der Waals surface area contributed by atoms with Gasteiger partial charge in [-0.15, -0.1) is 0 Å². The first kappa shape index (κ1) is 14.2. The highest BCUT2D eigenvalue weighted by atomic mass is 16.5. The van der Waals surface area contributed by atoms with Crippen LogP contribution in [0.15, 0.2) is 28.8 Å². The first-order valence-electron chi connectivity index (χ1n) is 7.27. The predicted octanol–water partition coefficient (Wildman–Crippen LogP) is 1.59. The standard InChI is InChI=1S/C15H20N4O2/c1-2-19-6-7-20-13(10-19)14-17-15(21-18-14)12-5-3-4-11(8-12)9-16/h3-5,8,13H,2,6-7,9-10,16H2,1H3. The lowest BCUT2D eigenvalue weighted by Crippen LogP contribution is -2.38. The normalized spacial score (nSPS) is 19.8.